The van der Waals surface area contributed by atoms with Crippen LogP contribution in [0, 0.1) is 5.92 Å². The Morgan fingerprint density at radius 1 is 1.17 bits per heavy atom. The van der Waals surface area contributed by atoms with E-state index in [4.69, 9.17) is 0 Å². The third-order valence-electron chi connectivity index (χ3n) is 3.15. The summed E-state index contributed by atoms with van der Waals surface area (Å²) in [7, 11) is 0. The van der Waals surface area contributed by atoms with Crippen LogP contribution >= 0.6 is 0 Å². The van der Waals surface area contributed by atoms with Crippen LogP contribution in [-0.4, -0.2) is 9.55 Å². The average Bonchev–Trinajstić information content (AvgIpc) is 2.76. The van der Waals surface area contributed by atoms with Crippen molar-refractivity contribution in [1.29, 1.82) is 0 Å². The summed E-state index contributed by atoms with van der Waals surface area (Å²) in [6.45, 7) is 8.92. The lowest BCUT2D eigenvalue weighted by atomic mass is 10.0. The van der Waals surface area contributed by atoms with Gasteiger partial charge in [0.25, 0.3) is 0 Å². The average molecular weight is 242 g/mol. The molecular weight excluding hydrogens is 220 g/mol. The molecule has 0 fully saturated rings. The molecule has 2 rings (SSSR count). The van der Waals surface area contributed by atoms with Crippen molar-refractivity contribution < 1.29 is 0 Å². The highest BCUT2D eigenvalue weighted by atomic mass is 15.0. The summed E-state index contributed by atoms with van der Waals surface area (Å²) in [4.78, 5) is 4.29. The van der Waals surface area contributed by atoms with Crippen molar-refractivity contribution in [3.05, 3.63) is 48.0 Å². The predicted octanol–water partition coefficient (Wildman–Crippen LogP) is 4.19. The molecule has 1 heterocycles. The van der Waals surface area contributed by atoms with E-state index in [9.17, 15) is 0 Å². The molecule has 96 valence electrons. The molecule has 0 saturated carbocycles. The maximum absolute atomic E-state index is 4.29. The number of imidazole rings is 1. The van der Waals surface area contributed by atoms with E-state index >= 15 is 0 Å². The highest BCUT2D eigenvalue weighted by Gasteiger charge is 2.07. The van der Waals surface area contributed by atoms with Gasteiger partial charge in [0.15, 0.2) is 0 Å². The van der Waals surface area contributed by atoms with Gasteiger partial charge in [0.2, 0.25) is 0 Å². The Morgan fingerprint density at radius 3 is 2.61 bits per heavy atom. The number of rotatable bonds is 4. The normalized spacial score (nSPS) is 11.4. The lowest BCUT2D eigenvalue weighted by Crippen LogP contribution is -2.03. The molecule has 1 aromatic heterocycles. The number of hydrogen-bond acceptors (Lipinski definition) is 1. The van der Waals surface area contributed by atoms with Crippen LogP contribution in [0.1, 0.15) is 44.9 Å². The topological polar surface area (TPSA) is 17.8 Å². The Morgan fingerprint density at radius 2 is 1.94 bits per heavy atom. The molecule has 0 aliphatic carbocycles. The van der Waals surface area contributed by atoms with Crippen LogP contribution in [0.15, 0.2) is 36.8 Å². The first-order valence-corrected chi connectivity index (χ1v) is 6.69. The number of nitrogens with zero attached hydrogens (tertiary/aromatic N) is 2. The van der Waals surface area contributed by atoms with Crippen molar-refractivity contribution in [1.82, 2.24) is 9.55 Å². The van der Waals surface area contributed by atoms with Gasteiger partial charge < -0.3 is 4.57 Å². The maximum atomic E-state index is 4.29. The molecule has 0 aliphatic heterocycles. The SMILES string of the molecule is CC(C)Cc1cncn1-c1cccc(C(C)C)c1. The molecule has 0 radical (unpaired) electrons. The summed E-state index contributed by atoms with van der Waals surface area (Å²) in [5.41, 5.74) is 3.87. The fourth-order valence-electron chi connectivity index (χ4n) is 2.16. The molecule has 18 heavy (non-hydrogen) atoms. The van der Waals surface area contributed by atoms with Crippen LogP contribution in [0.2, 0.25) is 0 Å². The smallest absolute Gasteiger partial charge is 0.0994 e. The summed E-state index contributed by atoms with van der Waals surface area (Å²) in [6, 6.07) is 8.73. The van der Waals surface area contributed by atoms with Crippen LogP contribution in [0.5, 0.6) is 0 Å². The van der Waals surface area contributed by atoms with E-state index in [1.165, 1.54) is 16.9 Å². The number of benzene rings is 1. The van der Waals surface area contributed by atoms with Crippen molar-refractivity contribution in [2.75, 3.05) is 0 Å². The lowest BCUT2D eigenvalue weighted by molar-refractivity contribution is 0.627. The Bertz CT molecular complexity index is 509. The minimum Gasteiger partial charge on any atom is -0.303 e. The summed E-state index contributed by atoms with van der Waals surface area (Å²) in [5.74, 6) is 1.20. The lowest BCUT2D eigenvalue weighted by Gasteiger charge is -2.12. The van der Waals surface area contributed by atoms with Gasteiger partial charge in [-0.15, -0.1) is 0 Å². The second kappa shape index (κ2) is 5.38. The standard InChI is InChI=1S/C16H22N2/c1-12(2)8-16-10-17-11-18(16)15-7-5-6-14(9-15)13(3)4/h5-7,9-13H,8H2,1-4H3. The second-order valence-electron chi connectivity index (χ2n) is 5.60. The van der Waals surface area contributed by atoms with Gasteiger partial charge >= 0.3 is 0 Å². The molecule has 0 aliphatic rings. The van der Waals surface area contributed by atoms with Gasteiger partial charge in [-0.3, -0.25) is 0 Å². The molecular formula is C16H22N2. The largest absolute Gasteiger partial charge is 0.303 e. The van der Waals surface area contributed by atoms with E-state index in [1.54, 1.807) is 0 Å². The van der Waals surface area contributed by atoms with Gasteiger partial charge in [0.05, 0.1) is 6.33 Å². The zero-order valence-electron chi connectivity index (χ0n) is 11.7. The molecule has 1 aromatic carbocycles. The Hall–Kier alpha value is -1.57. The summed E-state index contributed by atoms with van der Waals surface area (Å²) >= 11 is 0. The van der Waals surface area contributed by atoms with Gasteiger partial charge in [-0.05, 0) is 36.0 Å². The molecule has 2 nitrogen and oxygen atoms in total. The summed E-state index contributed by atoms with van der Waals surface area (Å²) in [6.07, 6.45) is 4.95. The number of aromatic nitrogens is 2. The monoisotopic (exact) mass is 242 g/mol. The van der Waals surface area contributed by atoms with Crippen LogP contribution < -0.4 is 0 Å². The van der Waals surface area contributed by atoms with Crippen molar-refractivity contribution in [3.8, 4) is 5.69 Å². The Balaban J connectivity index is 2.36. The highest BCUT2D eigenvalue weighted by Crippen LogP contribution is 2.20. The first-order chi connectivity index (χ1) is 8.58. The van der Waals surface area contributed by atoms with E-state index < -0.39 is 0 Å². The van der Waals surface area contributed by atoms with Crippen LogP contribution in [0.3, 0.4) is 0 Å². The second-order valence-corrected chi connectivity index (χ2v) is 5.60. The fraction of sp³-hybridized carbons (Fsp3) is 0.438. The molecule has 0 atom stereocenters. The predicted molar refractivity (Wildman–Crippen MR) is 76.2 cm³/mol. The number of hydrogen-bond donors (Lipinski definition) is 0. The van der Waals surface area contributed by atoms with Crippen molar-refractivity contribution in [3.63, 3.8) is 0 Å². The first-order valence-electron chi connectivity index (χ1n) is 6.69. The van der Waals surface area contributed by atoms with Crippen LogP contribution in [0.4, 0.5) is 0 Å². The Kier molecular flexibility index (Phi) is 3.85. The van der Waals surface area contributed by atoms with Gasteiger partial charge in [0.1, 0.15) is 0 Å². The van der Waals surface area contributed by atoms with Crippen LogP contribution in [-0.2, 0) is 6.42 Å². The van der Waals surface area contributed by atoms with E-state index in [2.05, 4.69) is 61.5 Å². The van der Waals surface area contributed by atoms with E-state index in [1.807, 2.05) is 12.5 Å². The van der Waals surface area contributed by atoms with Crippen molar-refractivity contribution in [2.45, 2.75) is 40.0 Å². The molecule has 2 aromatic rings. The molecule has 0 bridgehead atoms. The van der Waals surface area contributed by atoms with Gasteiger partial charge in [-0.25, -0.2) is 4.98 Å². The molecule has 0 N–H and O–H groups in total. The highest BCUT2D eigenvalue weighted by molar-refractivity contribution is 5.38. The minimum atomic E-state index is 0.557. The maximum Gasteiger partial charge on any atom is 0.0994 e. The molecule has 2 heteroatoms. The summed E-state index contributed by atoms with van der Waals surface area (Å²) in [5, 5.41) is 0. The third-order valence-corrected chi connectivity index (χ3v) is 3.15. The molecule has 0 amide bonds. The first kappa shape index (κ1) is 12.9. The fourth-order valence-corrected chi connectivity index (χ4v) is 2.16. The van der Waals surface area contributed by atoms with Crippen molar-refractivity contribution in [2.24, 2.45) is 5.92 Å². The third kappa shape index (κ3) is 2.81. The van der Waals surface area contributed by atoms with Gasteiger partial charge in [0, 0.05) is 17.6 Å². The summed E-state index contributed by atoms with van der Waals surface area (Å²) < 4.78 is 2.20. The van der Waals surface area contributed by atoms with E-state index in [0.717, 1.165) is 6.42 Å². The van der Waals surface area contributed by atoms with E-state index in [-0.39, 0.29) is 0 Å². The molecule has 0 unspecified atom stereocenters. The zero-order valence-corrected chi connectivity index (χ0v) is 11.7. The van der Waals surface area contributed by atoms with Crippen molar-refractivity contribution >= 4 is 0 Å². The Labute approximate surface area is 110 Å². The molecule has 0 saturated heterocycles. The minimum absolute atomic E-state index is 0.557. The van der Waals surface area contributed by atoms with Gasteiger partial charge in [-0.2, -0.15) is 0 Å². The molecule has 0 spiro atoms. The quantitative estimate of drug-likeness (QED) is 0.786. The zero-order chi connectivity index (χ0) is 13.1. The van der Waals surface area contributed by atoms with E-state index in [0.29, 0.717) is 11.8 Å². The van der Waals surface area contributed by atoms with Gasteiger partial charge in [-0.1, -0.05) is 39.8 Å². The van der Waals surface area contributed by atoms with Crippen LogP contribution in [0.25, 0.3) is 5.69 Å².